The Balaban J connectivity index is 1.33. The van der Waals surface area contributed by atoms with Crippen LogP contribution in [0.3, 0.4) is 0 Å². The van der Waals surface area contributed by atoms with E-state index in [4.69, 9.17) is 18.3 Å². The van der Waals surface area contributed by atoms with Crippen molar-refractivity contribution in [3.05, 3.63) is 42.3 Å². The molecule has 178 valence electrons. The highest BCUT2D eigenvalue weighted by Crippen LogP contribution is 2.31. The predicted molar refractivity (Wildman–Crippen MR) is 125 cm³/mol. The first-order chi connectivity index (χ1) is 16.6. The molecule has 3 aromatic rings. The monoisotopic (exact) mass is 465 g/mol. The minimum atomic E-state index is -0.113. The fraction of sp³-hybridized carbons (Fsp3) is 0.375. The van der Waals surface area contributed by atoms with Crippen LogP contribution in [0, 0.1) is 11.3 Å². The first-order valence-electron chi connectivity index (χ1n) is 11.2. The van der Waals surface area contributed by atoms with Gasteiger partial charge in [-0.2, -0.15) is 10.2 Å². The van der Waals surface area contributed by atoms with E-state index in [1.807, 2.05) is 18.7 Å². The lowest BCUT2D eigenvalue weighted by atomic mass is 10.2. The smallest absolute Gasteiger partial charge is 0.266 e. The fourth-order valence-corrected chi connectivity index (χ4v) is 3.75. The third-order valence-electron chi connectivity index (χ3n) is 5.30. The molecule has 3 heterocycles. The number of amides is 1. The third kappa shape index (κ3) is 5.32. The zero-order valence-electron chi connectivity index (χ0n) is 19.2. The SMILES string of the molecule is CCOc1ccc(NC(=O)CN2CCN(c3oc(-c4ccco4)nc3C#N)CC2)cc1OCC. The van der Waals surface area contributed by atoms with Crippen molar-refractivity contribution in [1.82, 2.24) is 9.88 Å². The van der Waals surface area contributed by atoms with Crippen LogP contribution < -0.4 is 19.7 Å². The molecule has 0 spiro atoms. The molecule has 1 aliphatic rings. The molecule has 1 aliphatic heterocycles. The number of hydrogen-bond donors (Lipinski definition) is 1. The number of ether oxygens (including phenoxy) is 2. The van der Waals surface area contributed by atoms with Crippen LogP contribution in [0.15, 0.2) is 45.4 Å². The summed E-state index contributed by atoms with van der Waals surface area (Å²) >= 11 is 0. The molecule has 10 nitrogen and oxygen atoms in total. The third-order valence-corrected chi connectivity index (χ3v) is 5.30. The average Bonchev–Trinajstić information content (AvgIpc) is 3.51. The number of piperazine rings is 1. The van der Waals surface area contributed by atoms with E-state index in [-0.39, 0.29) is 24.0 Å². The molecule has 4 rings (SSSR count). The Morgan fingerprint density at radius 2 is 1.91 bits per heavy atom. The maximum atomic E-state index is 12.6. The number of nitriles is 1. The summed E-state index contributed by atoms with van der Waals surface area (Å²) in [4.78, 5) is 20.9. The second-order valence-electron chi connectivity index (χ2n) is 7.60. The molecule has 1 fully saturated rings. The van der Waals surface area contributed by atoms with E-state index in [1.165, 1.54) is 6.26 Å². The maximum Gasteiger partial charge on any atom is 0.266 e. The van der Waals surface area contributed by atoms with Crippen LogP contribution in [0.1, 0.15) is 19.5 Å². The average molecular weight is 466 g/mol. The molecule has 1 amide bonds. The van der Waals surface area contributed by atoms with E-state index in [1.54, 1.807) is 30.3 Å². The van der Waals surface area contributed by atoms with Crippen molar-refractivity contribution in [3.63, 3.8) is 0 Å². The molecule has 0 bridgehead atoms. The quantitative estimate of drug-likeness (QED) is 0.507. The largest absolute Gasteiger partial charge is 0.490 e. The number of rotatable bonds is 9. The van der Waals surface area contributed by atoms with E-state index < -0.39 is 0 Å². The molecular weight excluding hydrogens is 438 g/mol. The number of carbonyl (C=O) groups excluding carboxylic acids is 1. The molecule has 2 aromatic heterocycles. The minimum Gasteiger partial charge on any atom is -0.490 e. The molecule has 0 radical (unpaired) electrons. The maximum absolute atomic E-state index is 12.6. The van der Waals surface area contributed by atoms with Crippen molar-refractivity contribution in [1.29, 1.82) is 5.26 Å². The van der Waals surface area contributed by atoms with E-state index in [0.29, 0.717) is 68.2 Å². The molecule has 0 unspecified atom stereocenters. The number of oxazole rings is 1. The Morgan fingerprint density at radius 3 is 2.59 bits per heavy atom. The lowest BCUT2D eigenvalue weighted by molar-refractivity contribution is -0.117. The van der Waals surface area contributed by atoms with Gasteiger partial charge in [0.25, 0.3) is 5.89 Å². The second-order valence-corrected chi connectivity index (χ2v) is 7.60. The summed E-state index contributed by atoms with van der Waals surface area (Å²) in [7, 11) is 0. The Labute approximate surface area is 197 Å². The van der Waals surface area contributed by atoms with Gasteiger partial charge in [-0.05, 0) is 38.1 Å². The molecular formula is C24H27N5O5. The van der Waals surface area contributed by atoms with Gasteiger partial charge < -0.3 is 28.5 Å². The predicted octanol–water partition coefficient (Wildman–Crippen LogP) is 3.36. The van der Waals surface area contributed by atoms with E-state index in [0.717, 1.165) is 0 Å². The van der Waals surface area contributed by atoms with Gasteiger partial charge in [-0.3, -0.25) is 9.69 Å². The van der Waals surface area contributed by atoms with Gasteiger partial charge >= 0.3 is 0 Å². The number of anilines is 2. The van der Waals surface area contributed by atoms with Gasteiger partial charge in [0, 0.05) is 37.9 Å². The van der Waals surface area contributed by atoms with Crippen LogP contribution in [-0.2, 0) is 4.79 Å². The number of aromatic nitrogens is 1. The normalized spacial score (nSPS) is 14.0. The van der Waals surface area contributed by atoms with Gasteiger partial charge in [-0.15, -0.1) is 0 Å². The van der Waals surface area contributed by atoms with Crippen LogP contribution in [-0.4, -0.2) is 61.7 Å². The van der Waals surface area contributed by atoms with Gasteiger partial charge in [-0.25, -0.2) is 0 Å². The summed E-state index contributed by atoms with van der Waals surface area (Å²) in [5, 5.41) is 12.4. The van der Waals surface area contributed by atoms with Gasteiger partial charge in [0.2, 0.25) is 17.5 Å². The number of nitrogens with zero attached hydrogens (tertiary/aromatic N) is 4. The Bertz CT molecular complexity index is 1140. The van der Waals surface area contributed by atoms with Crippen molar-refractivity contribution in [2.45, 2.75) is 13.8 Å². The summed E-state index contributed by atoms with van der Waals surface area (Å²) in [5.74, 6) is 2.32. The Hall–Kier alpha value is -3.97. The van der Waals surface area contributed by atoms with Crippen LogP contribution in [0.4, 0.5) is 11.6 Å². The second kappa shape index (κ2) is 10.8. The summed E-state index contributed by atoms with van der Waals surface area (Å²) < 4.78 is 22.3. The van der Waals surface area contributed by atoms with Crippen LogP contribution in [0.2, 0.25) is 0 Å². The van der Waals surface area contributed by atoms with Crippen LogP contribution in [0.25, 0.3) is 11.7 Å². The first kappa shape index (κ1) is 23.2. The lowest BCUT2D eigenvalue weighted by Gasteiger charge is -2.34. The van der Waals surface area contributed by atoms with Gasteiger partial charge in [0.15, 0.2) is 17.3 Å². The van der Waals surface area contributed by atoms with Crippen molar-refractivity contribution >= 4 is 17.5 Å². The summed E-state index contributed by atoms with van der Waals surface area (Å²) in [6.45, 7) is 7.59. The van der Waals surface area contributed by atoms with E-state index in [9.17, 15) is 10.1 Å². The zero-order chi connectivity index (χ0) is 23.9. The standard InChI is InChI=1S/C24H27N5O5/c1-3-31-19-8-7-17(14-21(19)32-4-2)26-22(30)16-28-9-11-29(12-10-28)24-18(15-25)27-23(34-24)20-6-5-13-33-20/h5-8,13-14H,3-4,9-12,16H2,1-2H3,(H,26,30). The first-order valence-corrected chi connectivity index (χ1v) is 11.2. The molecule has 1 N–H and O–H groups in total. The molecule has 34 heavy (non-hydrogen) atoms. The van der Waals surface area contributed by atoms with Crippen LogP contribution in [0.5, 0.6) is 11.5 Å². The summed E-state index contributed by atoms with van der Waals surface area (Å²) in [6, 6.07) is 10.9. The highest BCUT2D eigenvalue weighted by Gasteiger charge is 2.26. The summed E-state index contributed by atoms with van der Waals surface area (Å²) in [6.07, 6.45) is 1.53. The molecule has 0 atom stereocenters. The van der Waals surface area contributed by atoms with Gasteiger partial charge in [0.05, 0.1) is 26.0 Å². The highest BCUT2D eigenvalue weighted by molar-refractivity contribution is 5.92. The van der Waals surface area contributed by atoms with E-state index >= 15 is 0 Å². The highest BCUT2D eigenvalue weighted by atomic mass is 16.5. The lowest BCUT2D eigenvalue weighted by Crippen LogP contribution is -2.48. The number of carbonyl (C=O) groups is 1. The molecule has 1 aromatic carbocycles. The van der Waals surface area contributed by atoms with Crippen molar-refractivity contribution < 1.29 is 23.1 Å². The van der Waals surface area contributed by atoms with Crippen molar-refractivity contribution in [2.75, 3.05) is 56.2 Å². The minimum absolute atomic E-state index is 0.113. The number of hydrogen-bond acceptors (Lipinski definition) is 9. The molecule has 0 aliphatic carbocycles. The fourth-order valence-electron chi connectivity index (χ4n) is 3.75. The Kier molecular flexibility index (Phi) is 7.34. The van der Waals surface area contributed by atoms with E-state index in [2.05, 4.69) is 21.3 Å². The van der Waals surface area contributed by atoms with Crippen LogP contribution >= 0.6 is 0 Å². The zero-order valence-corrected chi connectivity index (χ0v) is 19.2. The Morgan fingerprint density at radius 1 is 1.15 bits per heavy atom. The summed E-state index contributed by atoms with van der Waals surface area (Å²) in [5.41, 5.74) is 0.875. The topological polar surface area (TPSA) is 117 Å². The van der Waals surface area contributed by atoms with Crippen molar-refractivity contribution in [2.24, 2.45) is 0 Å². The van der Waals surface area contributed by atoms with Gasteiger partial charge in [-0.1, -0.05) is 0 Å². The molecule has 0 saturated carbocycles. The van der Waals surface area contributed by atoms with Gasteiger partial charge in [0.1, 0.15) is 6.07 Å². The molecule has 10 heteroatoms. The number of benzene rings is 1. The number of furan rings is 1. The molecule has 1 saturated heterocycles. The van der Waals surface area contributed by atoms with Crippen molar-refractivity contribution in [3.8, 4) is 29.2 Å². The number of nitrogens with one attached hydrogen (secondary N) is 1.